The summed E-state index contributed by atoms with van der Waals surface area (Å²) in [6, 6.07) is 6.98. The van der Waals surface area contributed by atoms with Crippen LogP contribution in [0.25, 0.3) is 0 Å². The maximum absolute atomic E-state index is 6.00. The molecule has 1 aliphatic carbocycles. The topological polar surface area (TPSA) is 26.0 Å². The molecule has 2 unspecified atom stereocenters. The maximum atomic E-state index is 6.00. The van der Waals surface area contributed by atoms with Crippen molar-refractivity contribution in [3.05, 3.63) is 34.9 Å². The van der Waals surface area contributed by atoms with E-state index in [0.717, 1.165) is 6.54 Å². The van der Waals surface area contributed by atoms with E-state index in [4.69, 9.17) is 5.73 Å². The van der Waals surface area contributed by atoms with Crippen LogP contribution in [-0.2, 0) is 0 Å². The van der Waals surface area contributed by atoms with Gasteiger partial charge in [0.25, 0.3) is 0 Å². The molecule has 0 amide bonds. The van der Waals surface area contributed by atoms with Crippen LogP contribution >= 0.6 is 0 Å². The molecule has 1 aromatic rings. The first-order chi connectivity index (χ1) is 8.41. The number of aryl methyl sites for hydroxylation is 2. The minimum absolute atomic E-state index is 0.466. The van der Waals surface area contributed by atoms with Crippen LogP contribution in [-0.4, -0.2) is 6.54 Å². The van der Waals surface area contributed by atoms with E-state index in [1.165, 1.54) is 36.0 Å². The number of rotatable bonds is 2. The van der Waals surface area contributed by atoms with E-state index in [1.807, 2.05) is 0 Å². The molecule has 0 saturated heterocycles. The van der Waals surface area contributed by atoms with E-state index in [-0.39, 0.29) is 0 Å². The summed E-state index contributed by atoms with van der Waals surface area (Å²) in [5.74, 6) is 1.32. The molecule has 2 rings (SSSR count). The minimum atomic E-state index is 0.466. The molecule has 0 aromatic heterocycles. The highest BCUT2D eigenvalue weighted by atomic mass is 14.6. The molecule has 0 bridgehead atoms. The Morgan fingerprint density at radius 1 is 1.17 bits per heavy atom. The number of hydrogen-bond acceptors (Lipinski definition) is 1. The maximum Gasteiger partial charge on any atom is -0.00430 e. The van der Waals surface area contributed by atoms with Gasteiger partial charge in [-0.05, 0) is 62.5 Å². The van der Waals surface area contributed by atoms with Crippen LogP contribution in [0.15, 0.2) is 18.2 Å². The zero-order chi connectivity index (χ0) is 13.3. The minimum Gasteiger partial charge on any atom is -0.330 e. The summed E-state index contributed by atoms with van der Waals surface area (Å²) in [6.07, 6.45) is 3.87. The van der Waals surface area contributed by atoms with Gasteiger partial charge >= 0.3 is 0 Å². The quantitative estimate of drug-likeness (QED) is 0.831. The lowest BCUT2D eigenvalue weighted by Gasteiger charge is -2.41. The molecule has 0 heterocycles. The molecule has 18 heavy (non-hydrogen) atoms. The van der Waals surface area contributed by atoms with Crippen molar-refractivity contribution in [1.29, 1.82) is 0 Å². The van der Waals surface area contributed by atoms with Crippen molar-refractivity contribution in [2.75, 3.05) is 6.54 Å². The molecule has 1 fully saturated rings. The second kappa shape index (κ2) is 5.05. The van der Waals surface area contributed by atoms with Crippen molar-refractivity contribution in [2.45, 2.75) is 52.9 Å². The molecule has 1 nitrogen and oxygen atoms in total. The third-order valence-electron chi connectivity index (χ3n) is 4.51. The zero-order valence-electron chi connectivity index (χ0n) is 12.3. The van der Waals surface area contributed by atoms with Crippen molar-refractivity contribution >= 4 is 0 Å². The molecule has 100 valence electrons. The Labute approximate surface area is 112 Å². The Morgan fingerprint density at radius 2 is 1.78 bits per heavy atom. The Morgan fingerprint density at radius 3 is 2.33 bits per heavy atom. The molecule has 0 radical (unpaired) electrons. The lowest BCUT2D eigenvalue weighted by molar-refractivity contribution is 0.165. The monoisotopic (exact) mass is 245 g/mol. The molecule has 2 atom stereocenters. The van der Waals surface area contributed by atoms with Crippen LogP contribution in [0.5, 0.6) is 0 Å². The standard InChI is InChI=1S/C17H27N/c1-12-7-13(2)9-15(8-12)16-10-17(3,4)6-5-14(16)11-18/h7-9,14,16H,5-6,10-11,18H2,1-4H3. The van der Waals surface area contributed by atoms with Gasteiger partial charge in [-0.15, -0.1) is 0 Å². The number of benzene rings is 1. The van der Waals surface area contributed by atoms with Crippen molar-refractivity contribution in [1.82, 2.24) is 0 Å². The van der Waals surface area contributed by atoms with Crippen molar-refractivity contribution in [3.8, 4) is 0 Å². The molecular formula is C17H27N. The van der Waals surface area contributed by atoms with Gasteiger partial charge in [0.1, 0.15) is 0 Å². The van der Waals surface area contributed by atoms with Gasteiger partial charge < -0.3 is 5.73 Å². The van der Waals surface area contributed by atoms with Crippen molar-refractivity contribution in [2.24, 2.45) is 17.1 Å². The van der Waals surface area contributed by atoms with E-state index in [9.17, 15) is 0 Å². The summed E-state index contributed by atoms with van der Waals surface area (Å²) in [7, 11) is 0. The SMILES string of the molecule is Cc1cc(C)cc(C2CC(C)(C)CCC2CN)c1. The van der Waals surface area contributed by atoms with Crippen molar-refractivity contribution in [3.63, 3.8) is 0 Å². The van der Waals surface area contributed by atoms with Gasteiger partial charge in [-0.1, -0.05) is 43.2 Å². The number of nitrogens with two attached hydrogens (primary N) is 1. The fourth-order valence-corrected chi connectivity index (χ4v) is 3.54. The van der Waals surface area contributed by atoms with Crippen LogP contribution in [0.1, 0.15) is 55.7 Å². The van der Waals surface area contributed by atoms with Gasteiger partial charge in [0.05, 0.1) is 0 Å². The third kappa shape index (κ3) is 2.95. The van der Waals surface area contributed by atoms with Gasteiger partial charge in [0.2, 0.25) is 0 Å². The molecule has 1 aromatic carbocycles. The van der Waals surface area contributed by atoms with Crippen molar-refractivity contribution < 1.29 is 0 Å². The van der Waals surface area contributed by atoms with Gasteiger partial charge in [-0.25, -0.2) is 0 Å². The predicted molar refractivity (Wildman–Crippen MR) is 78.8 cm³/mol. The van der Waals surface area contributed by atoms with Gasteiger partial charge in [-0.3, -0.25) is 0 Å². The summed E-state index contributed by atoms with van der Waals surface area (Å²) < 4.78 is 0. The van der Waals surface area contributed by atoms with E-state index < -0.39 is 0 Å². The average molecular weight is 245 g/mol. The largest absolute Gasteiger partial charge is 0.330 e. The molecule has 1 aliphatic rings. The van der Waals surface area contributed by atoms with E-state index >= 15 is 0 Å². The smallest absolute Gasteiger partial charge is 0.00430 e. The van der Waals surface area contributed by atoms with Gasteiger partial charge in [0, 0.05) is 0 Å². The zero-order valence-corrected chi connectivity index (χ0v) is 12.3. The first kappa shape index (κ1) is 13.6. The highest BCUT2D eigenvalue weighted by Crippen LogP contribution is 2.46. The summed E-state index contributed by atoms with van der Waals surface area (Å²) in [5, 5.41) is 0. The van der Waals surface area contributed by atoms with E-state index in [2.05, 4.69) is 45.9 Å². The van der Waals surface area contributed by atoms with Crippen LogP contribution in [0.3, 0.4) is 0 Å². The van der Waals surface area contributed by atoms with Gasteiger partial charge in [0.15, 0.2) is 0 Å². The van der Waals surface area contributed by atoms with Crippen LogP contribution in [0.2, 0.25) is 0 Å². The Kier molecular flexibility index (Phi) is 3.82. The second-order valence-electron chi connectivity index (χ2n) is 6.93. The van der Waals surface area contributed by atoms with Crippen LogP contribution < -0.4 is 5.73 Å². The first-order valence-corrected chi connectivity index (χ1v) is 7.19. The predicted octanol–water partition coefficient (Wildman–Crippen LogP) is 4.17. The fraction of sp³-hybridized carbons (Fsp3) is 0.647. The normalized spacial score (nSPS) is 27.2. The summed E-state index contributed by atoms with van der Waals surface area (Å²) in [4.78, 5) is 0. The lowest BCUT2D eigenvalue weighted by atomic mass is 9.65. The molecular weight excluding hydrogens is 218 g/mol. The summed E-state index contributed by atoms with van der Waals surface area (Å²) >= 11 is 0. The van der Waals surface area contributed by atoms with Crippen LogP contribution in [0, 0.1) is 25.2 Å². The van der Waals surface area contributed by atoms with E-state index in [1.54, 1.807) is 0 Å². The molecule has 1 heteroatoms. The Balaban J connectivity index is 2.32. The fourth-order valence-electron chi connectivity index (χ4n) is 3.54. The second-order valence-corrected chi connectivity index (χ2v) is 6.93. The Hall–Kier alpha value is -0.820. The highest BCUT2D eigenvalue weighted by molar-refractivity contribution is 5.32. The Bertz CT molecular complexity index is 399. The molecule has 0 aliphatic heterocycles. The summed E-state index contributed by atoms with van der Waals surface area (Å²) in [5.41, 5.74) is 10.7. The lowest BCUT2D eigenvalue weighted by Crippen LogP contribution is -2.32. The number of hydrogen-bond donors (Lipinski definition) is 1. The molecule has 0 spiro atoms. The molecule has 2 N–H and O–H groups in total. The van der Waals surface area contributed by atoms with Gasteiger partial charge in [-0.2, -0.15) is 0 Å². The first-order valence-electron chi connectivity index (χ1n) is 7.19. The summed E-state index contributed by atoms with van der Waals surface area (Å²) in [6.45, 7) is 10.0. The molecule has 1 saturated carbocycles. The van der Waals surface area contributed by atoms with E-state index in [0.29, 0.717) is 17.3 Å². The third-order valence-corrected chi connectivity index (χ3v) is 4.51. The average Bonchev–Trinajstić information content (AvgIpc) is 2.26. The van der Waals surface area contributed by atoms with Crippen LogP contribution in [0.4, 0.5) is 0 Å². The highest BCUT2D eigenvalue weighted by Gasteiger charge is 2.34.